The molecule has 2 aromatic rings. The molecule has 0 radical (unpaired) electrons. The Morgan fingerprint density at radius 1 is 1.26 bits per heavy atom. The second-order valence-corrected chi connectivity index (χ2v) is 8.75. The van der Waals surface area contributed by atoms with Gasteiger partial charge in [-0.1, -0.05) is 6.07 Å². The molecule has 0 spiro atoms. The van der Waals surface area contributed by atoms with Crippen LogP contribution >= 0.6 is 11.3 Å². The zero-order valence-corrected chi connectivity index (χ0v) is 14.0. The molecule has 1 aromatic heterocycles. The zero-order valence-electron chi connectivity index (χ0n) is 12.4. The van der Waals surface area contributed by atoms with Crippen molar-refractivity contribution in [1.82, 2.24) is 0 Å². The Labute approximate surface area is 139 Å². The van der Waals surface area contributed by atoms with Crippen LogP contribution in [0, 0.1) is 5.92 Å². The SMILES string of the molecule is O=C(C1CC1)N1CCc2cc(NS(=O)(=O)c3cccs3)ccc21. The fourth-order valence-corrected chi connectivity index (χ4v) is 4.91. The average molecular weight is 348 g/mol. The van der Waals surface area contributed by atoms with Crippen LogP contribution < -0.4 is 9.62 Å². The number of amides is 1. The fourth-order valence-electron chi connectivity index (χ4n) is 2.87. The van der Waals surface area contributed by atoms with Crippen molar-refractivity contribution < 1.29 is 13.2 Å². The number of nitrogens with zero attached hydrogens (tertiary/aromatic N) is 1. The number of anilines is 2. The van der Waals surface area contributed by atoms with Gasteiger partial charge in [-0.15, -0.1) is 11.3 Å². The summed E-state index contributed by atoms with van der Waals surface area (Å²) in [4.78, 5) is 14.1. The summed E-state index contributed by atoms with van der Waals surface area (Å²) in [6, 6.07) is 8.69. The van der Waals surface area contributed by atoms with Crippen molar-refractivity contribution in [2.75, 3.05) is 16.2 Å². The second-order valence-electron chi connectivity index (χ2n) is 5.90. The maximum absolute atomic E-state index is 12.3. The molecule has 0 atom stereocenters. The highest BCUT2D eigenvalue weighted by Gasteiger charge is 2.36. The van der Waals surface area contributed by atoms with Crippen molar-refractivity contribution in [1.29, 1.82) is 0 Å². The van der Waals surface area contributed by atoms with Crippen LogP contribution in [0.4, 0.5) is 11.4 Å². The smallest absolute Gasteiger partial charge is 0.271 e. The molecule has 0 unspecified atom stereocenters. The number of carbonyl (C=O) groups excluding carboxylic acids is 1. The highest BCUT2D eigenvalue weighted by atomic mass is 32.2. The van der Waals surface area contributed by atoms with Gasteiger partial charge >= 0.3 is 0 Å². The first-order valence-electron chi connectivity index (χ1n) is 7.55. The second kappa shape index (κ2) is 5.35. The third-order valence-corrected chi connectivity index (χ3v) is 6.96. The van der Waals surface area contributed by atoms with Gasteiger partial charge in [0.25, 0.3) is 10.0 Å². The molecule has 0 saturated heterocycles. The summed E-state index contributed by atoms with van der Waals surface area (Å²) in [5.74, 6) is 0.397. The van der Waals surface area contributed by atoms with Crippen LogP contribution in [0.25, 0.3) is 0 Å². The van der Waals surface area contributed by atoms with Crippen molar-refractivity contribution in [2.24, 2.45) is 5.92 Å². The quantitative estimate of drug-likeness (QED) is 0.924. The molecule has 4 rings (SSSR count). The molecule has 1 aromatic carbocycles. The van der Waals surface area contributed by atoms with E-state index in [1.54, 1.807) is 23.6 Å². The standard InChI is InChI=1S/C16H16N2O3S2/c19-16(11-3-4-11)18-8-7-12-10-13(5-6-14(12)18)17-23(20,21)15-2-1-9-22-15/h1-2,5-6,9-11,17H,3-4,7-8H2. The van der Waals surface area contributed by atoms with Crippen molar-refractivity contribution >= 4 is 38.6 Å². The number of thiophene rings is 1. The van der Waals surface area contributed by atoms with Crippen LogP contribution in [0.1, 0.15) is 18.4 Å². The summed E-state index contributed by atoms with van der Waals surface area (Å²) < 4.78 is 27.4. The average Bonchev–Trinajstić information content (AvgIpc) is 3.05. The van der Waals surface area contributed by atoms with Crippen LogP contribution in [-0.4, -0.2) is 20.9 Å². The summed E-state index contributed by atoms with van der Waals surface area (Å²) in [5.41, 5.74) is 2.48. The maximum atomic E-state index is 12.3. The van der Waals surface area contributed by atoms with E-state index in [1.165, 1.54) is 11.3 Å². The van der Waals surface area contributed by atoms with Crippen molar-refractivity contribution in [3.63, 3.8) is 0 Å². The molecule has 5 nitrogen and oxygen atoms in total. The molecular formula is C16H16N2O3S2. The first-order chi connectivity index (χ1) is 11.0. The van der Waals surface area contributed by atoms with Gasteiger partial charge in [0.15, 0.2) is 0 Å². The third kappa shape index (κ3) is 2.74. The van der Waals surface area contributed by atoms with E-state index >= 15 is 0 Å². The molecule has 1 saturated carbocycles. The summed E-state index contributed by atoms with van der Waals surface area (Å²) in [7, 11) is -3.53. The highest BCUT2D eigenvalue weighted by molar-refractivity contribution is 7.94. The molecule has 1 N–H and O–H groups in total. The van der Waals surface area contributed by atoms with Crippen LogP contribution in [0.2, 0.25) is 0 Å². The van der Waals surface area contributed by atoms with Gasteiger partial charge in [0.1, 0.15) is 4.21 Å². The minimum Gasteiger partial charge on any atom is -0.312 e. The fraction of sp³-hybridized carbons (Fsp3) is 0.312. The van der Waals surface area contributed by atoms with Crippen LogP contribution in [0.3, 0.4) is 0 Å². The monoisotopic (exact) mass is 348 g/mol. The topological polar surface area (TPSA) is 66.5 Å². The largest absolute Gasteiger partial charge is 0.312 e. The number of carbonyl (C=O) groups is 1. The summed E-state index contributed by atoms with van der Waals surface area (Å²) >= 11 is 1.19. The highest BCUT2D eigenvalue weighted by Crippen LogP contribution is 2.37. The third-order valence-electron chi connectivity index (χ3n) is 4.18. The molecule has 1 amide bonds. The van der Waals surface area contributed by atoms with Crippen LogP contribution in [0.15, 0.2) is 39.9 Å². The molecule has 0 bridgehead atoms. The van der Waals surface area contributed by atoms with Gasteiger partial charge in [-0.25, -0.2) is 8.42 Å². The molecule has 1 aliphatic heterocycles. The van der Waals surface area contributed by atoms with Gasteiger partial charge in [-0.3, -0.25) is 9.52 Å². The van der Waals surface area contributed by atoms with Gasteiger partial charge in [-0.05, 0) is 54.5 Å². The van der Waals surface area contributed by atoms with Crippen LogP contribution in [0.5, 0.6) is 0 Å². The number of nitrogens with one attached hydrogen (secondary N) is 1. The number of sulfonamides is 1. The molecule has 1 aliphatic carbocycles. The first kappa shape index (κ1) is 14.7. The van der Waals surface area contributed by atoms with E-state index in [4.69, 9.17) is 0 Å². The molecule has 120 valence electrons. The number of benzene rings is 1. The summed E-state index contributed by atoms with van der Waals surface area (Å²) in [5, 5.41) is 1.73. The van der Waals surface area contributed by atoms with E-state index in [1.807, 2.05) is 17.0 Å². The predicted octanol–water partition coefficient (Wildman–Crippen LogP) is 2.85. The summed E-state index contributed by atoms with van der Waals surface area (Å²) in [6.07, 6.45) is 2.75. The van der Waals surface area contributed by atoms with Gasteiger partial charge in [0, 0.05) is 23.8 Å². The van der Waals surface area contributed by atoms with E-state index in [-0.39, 0.29) is 11.8 Å². The first-order valence-corrected chi connectivity index (χ1v) is 9.91. The lowest BCUT2D eigenvalue weighted by molar-refractivity contribution is -0.119. The lowest BCUT2D eigenvalue weighted by Gasteiger charge is -2.17. The number of hydrogen-bond acceptors (Lipinski definition) is 4. The Kier molecular flexibility index (Phi) is 3.42. The normalized spacial score (nSPS) is 17.1. The minimum absolute atomic E-state index is 0.193. The molecular weight excluding hydrogens is 332 g/mol. The van der Waals surface area contributed by atoms with Gasteiger partial charge < -0.3 is 4.90 Å². The molecule has 1 fully saturated rings. The summed E-state index contributed by atoms with van der Waals surface area (Å²) in [6.45, 7) is 0.686. The van der Waals surface area contributed by atoms with E-state index < -0.39 is 10.0 Å². The van der Waals surface area contributed by atoms with Gasteiger partial charge in [0.05, 0.1) is 0 Å². The molecule has 2 heterocycles. The van der Waals surface area contributed by atoms with E-state index in [9.17, 15) is 13.2 Å². The van der Waals surface area contributed by atoms with Crippen molar-refractivity contribution in [3.05, 3.63) is 41.3 Å². The van der Waals surface area contributed by atoms with E-state index in [2.05, 4.69) is 4.72 Å². The lowest BCUT2D eigenvalue weighted by atomic mass is 10.1. The number of hydrogen-bond donors (Lipinski definition) is 1. The Bertz CT molecular complexity index is 855. The van der Waals surface area contributed by atoms with E-state index in [0.29, 0.717) is 16.4 Å². The Morgan fingerprint density at radius 3 is 2.78 bits per heavy atom. The van der Waals surface area contributed by atoms with Gasteiger partial charge in [0.2, 0.25) is 5.91 Å². The predicted molar refractivity (Wildman–Crippen MR) is 90.4 cm³/mol. The van der Waals surface area contributed by atoms with Gasteiger partial charge in [-0.2, -0.15) is 0 Å². The Balaban J connectivity index is 1.58. The molecule has 23 heavy (non-hydrogen) atoms. The van der Waals surface area contributed by atoms with E-state index in [0.717, 1.165) is 30.5 Å². The lowest BCUT2D eigenvalue weighted by Crippen LogP contribution is -2.30. The minimum atomic E-state index is -3.53. The Morgan fingerprint density at radius 2 is 2.09 bits per heavy atom. The Hall–Kier alpha value is -1.86. The molecule has 2 aliphatic rings. The van der Waals surface area contributed by atoms with Crippen molar-refractivity contribution in [3.8, 4) is 0 Å². The van der Waals surface area contributed by atoms with Crippen molar-refractivity contribution in [2.45, 2.75) is 23.5 Å². The molecule has 7 heteroatoms. The maximum Gasteiger partial charge on any atom is 0.271 e. The number of fused-ring (bicyclic) bond motifs is 1. The number of rotatable bonds is 4. The van der Waals surface area contributed by atoms with Crippen LogP contribution in [-0.2, 0) is 21.2 Å². The zero-order chi connectivity index (χ0) is 16.0.